The fourth-order valence-electron chi connectivity index (χ4n) is 3.74. The minimum absolute atomic E-state index is 0.469. The van der Waals surface area contributed by atoms with E-state index in [9.17, 15) is 0 Å². The molecule has 0 aliphatic carbocycles. The Balaban J connectivity index is 1.79. The Morgan fingerprint density at radius 3 is 2.27 bits per heavy atom. The second kappa shape index (κ2) is 8.96. The van der Waals surface area contributed by atoms with Crippen LogP contribution in [0, 0.1) is 6.92 Å². The van der Waals surface area contributed by atoms with Crippen LogP contribution < -0.4 is 4.74 Å². The summed E-state index contributed by atoms with van der Waals surface area (Å²) < 4.78 is 5.94. The van der Waals surface area contributed by atoms with Crippen LogP contribution in [-0.2, 0) is 0 Å². The van der Waals surface area contributed by atoms with E-state index in [2.05, 4.69) is 28.2 Å². The quantitative estimate of drug-likeness (QED) is 0.359. The molecule has 6 nitrogen and oxygen atoms in total. The van der Waals surface area contributed by atoms with Crippen molar-refractivity contribution in [2.75, 3.05) is 7.11 Å². The maximum atomic E-state index is 5.94. The van der Waals surface area contributed by atoms with Crippen molar-refractivity contribution in [3.8, 4) is 28.5 Å². The van der Waals surface area contributed by atoms with Gasteiger partial charge in [-0.25, -0.2) is 19.9 Å². The van der Waals surface area contributed by atoms with Crippen molar-refractivity contribution in [3.05, 3.63) is 96.1 Å². The predicted octanol–water partition coefficient (Wildman–Crippen LogP) is 5.64. The summed E-state index contributed by atoms with van der Waals surface area (Å²) in [5, 5.41) is 0.759. The number of ether oxygens (including phenoxy) is 1. The first-order valence-corrected chi connectivity index (χ1v) is 10.6. The normalized spacial score (nSPS) is 11.2. The molecule has 3 heterocycles. The zero-order valence-electron chi connectivity index (χ0n) is 18.3. The largest absolute Gasteiger partial charge is 0.495 e. The highest BCUT2D eigenvalue weighted by Gasteiger charge is 2.20. The maximum Gasteiger partial charge on any atom is 0.182 e. The first-order chi connectivity index (χ1) is 16.2. The summed E-state index contributed by atoms with van der Waals surface area (Å²) in [6, 6.07) is 20.1. The first-order valence-electron chi connectivity index (χ1n) is 10.6. The van der Waals surface area contributed by atoms with Gasteiger partial charge in [0.2, 0.25) is 0 Å². The number of methoxy groups -OCH3 is 1. The Hall–Kier alpha value is -4.45. The molecule has 6 heteroatoms. The molecule has 0 amide bonds. The smallest absolute Gasteiger partial charge is 0.182 e. The van der Waals surface area contributed by atoms with E-state index in [4.69, 9.17) is 19.7 Å². The van der Waals surface area contributed by atoms with Gasteiger partial charge in [-0.1, -0.05) is 66.7 Å². The van der Waals surface area contributed by atoms with Crippen molar-refractivity contribution in [1.29, 1.82) is 0 Å². The number of nitrogens with zero attached hydrogens (tertiary/aromatic N) is 5. The molecule has 0 N–H and O–H groups in total. The van der Waals surface area contributed by atoms with Crippen molar-refractivity contribution in [1.82, 2.24) is 24.9 Å². The van der Waals surface area contributed by atoms with E-state index < -0.39 is 0 Å². The number of fused-ring (bicyclic) bond motifs is 1. The lowest BCUT2D eigenvalue weighted by atomic mass is 10.0. The van der Waals surface area contributed by atoms with Gasteiger partial charge >= 0.3 is 0 Å². The van der Waals surface area contributed by atoms with Gasteiger partial charge in [0.25, 0.3) is 0 Å². The van der Waals surface area contributed by atoms with Crippen molar-refractivity contribution in [2.24, 2.45) is 0 Å². The molecular weight excluding hydrogens is 410 g/mol. The molecule has 0 spiro atoms. The number of hydrogen-bond acceptors (Lipinski definition) is 6. The summed E-state index contributed by atoms with van der Waals surface area (Å²) in [6.45, 7) is 1.96. The van der Waals surface area contributed by atoms with Gasteiger partial charge in [0, 0.05) is 23.5 Å². The zero-order valence-corrected chi connectivity index (χ0v) is 18.3. The summed E-state index contributed by atoms with van der Waals surface area (Å²) in [7, 11) is 1.67. The summed E-state index contributed by atoms with van der Waals surface area (Å²) in [5.41, 5.74) is 5.61. The maximum absolute atomic E-state index is 5.94. The standard InChI is InChI=1S/C27H21N5O/c1-18-21(14-13-19-9-5-3-6-10-19)25(33-2)23-24(20-11-7-4-8-12-20)31-26(32-27(23)30-18)22-17-28-15-16-29-22/h3-17H,1-2H3/b14-13+. The highest BCUT2D eigenvalue weighted by molar-refractivity contribution is 5.99. The molecule has 0 radical (unpaired) electrons. The highest BCUT2D eigenvalue weighted by atomic mass is 16.5. The highest BCUT2D eigenvalue weighted by Crippen LogP contribution is 2.38. The molecule has 33 heavy (non-hydrogen) atoms. The van der Waals surface area contributed by atoms with Crippen molar-refractivity contribution < 1.29 is 4.74 Å². The van der Waals surface area contributed by atoms with Crippen LogP contribution in [0.2, 0.25) is 0 Å². The molecule has 160 valence electrons. The van der Waals surface area contributed by atoms with Gasteiger partial charge in [0.1, 0.15) is 11.4 Å². The Morgan fingerprint density at radius 1 is 0.818 bits per heavy atom. The van der Waals surface area contributed by atoms with E-state index in [0.717, 1.165) is 33.5 Å². The number of aryl methyl sites for hydroxylation is 1. The summed E-state index contributed by atoms with van der Waals surface area (Å²) >= 11 is 0. The predicted molar refractivity (Wildman–Crippen MR) is 130 cm³/mol. The summed E-state index contributed by atoms with van der Waals surface area (Å²) in [4.78, 5) is 23.0. The third-order valence-electron chi connectivity index (χ3n) is 5.31. The molecule has 0 aliphatic heterocycles. The van der Waals surface area contributed by atoms with E-state index in [1.165, 1.54) is 0 Å². The van der Waals surface area contributed by atoms with Crippen LogP contribution in [0.25, 0.3) is 46.0 Å². The molecule has 0 fully saturated rings. The molecule has 2 aromatic carbocycles. The monoisotopic (exact) mass is 431 g/mol. The minimum atomic E-state index is 0.469. The van der Waals surface area contributed by atoms with Gasteiger partial charge < -0.3 is 4.74 Å². The number of hydrogen-bond donors (Lipinski definition) is 0. The Morgan fingerprint density at radius 2 is 1.58 bits per heavy atom. The third kappa shape index (κ3) is 4.06. The van der Waals surface area contributed by atoms with E-state index in [1.54, 1.807) is 25.7 Å². The molecule has 0 aliphatic rings. The second-order valence-corrected chi connectivity index (χ2v) is 7.44. The zero-order chi connectivity index (χ0) is 22.6. The molecule has 5 rings (SSSR count). The lowest BCUT2D eigenvalue weighted by molar-refractivity contribution is 0.418. The molecule has 5 aromatic rings. The lowest BCUT2D eigenvalue weighted by Crippen LogP contribution is -2.03. The molecule has 0 atom stereocenters. The fraction of sp³-hybridized carbons (Fsp3) is 0.0741. The van der Waals surface area contributed by atoms with Crippen molar-refractivity contribution >= 4 is 23.2 Å². The average Bonchev–Trinajstić information content (AvgIpc) is 2.88. The molecule has 0 unspecified atom stereocenters. The van der Waals surface area contributed by atoms with Crippen molar-refractivity contribution in [2.45, 2.75) is 6.92 Å². The molecule has 0 saturated heterocycles. The van der Waals surface area contributed by atoms with Crippen LogP contribution in [0.15, 0.2) is 79.3 Å². The molecule has 3 aromatic heterocycles. The van der Waals surface area contributed by atoms with Gasteiger partial charge in [0.15, 0.2) is 11.5 Å². The van der Waals surface area contributed by atoms with Crippen LogP contribution in [-0.4, -0.2) is 32.0 Å². The number of pyridine rings is 1. The van der Waals surface area contributed by atoms with Gasteiger partial charge in [-0.15, -0.1) is 0 Å². The number of aromatic nitrogens is 5. The minimum Gasteiger partial charge on any atom is -0.495 e. The van der Waals surface area contributed by atoms with E-state index >= 15 is 0 Å². The van der Waals surface area contributed by atoms with Crippen LogP contribution in [0.1, 0.15) is 16.8 Å². The van der Waals surface area contributed by atoms with E-state index in [1.807, 2.05) is 61.5 Å². The summed E-state index contributed by atoms with van der Waals surface area (Å²) in [5.74, 6) is 1.16. The Bertz CT molecular complexity index is 1440. The second-order valence-electron chi connectivity index (χ2n) is 7.44. The lowest BCUT2D eigenvalue weighted by Gasteiger charge is -2.15. The van der Waals surface area contributed by atoms with Crippen LogP contribution in [0.5, 0.6) is 5.75 Å². The molecule has 0 saturated carbocycles. The third-order valence-corrected chi connectivity index (χ3v) is 5.31. The SMILES string of the molecule is COc1c(/C=C/c2ccccc2)c(C)nc2nc(-c3cnccn3)nc(-c3ccccc3)c12. The number of benzene rings is 2. The van der Waals surface area contributed by atoms with Crippen molar-refractivity contribution in [3.63, 3.8) is 0 Å². The fourth-order valence-corrected chi connectivity index (χ4v) is 3.74. The van der Waals surface area contributed by atoms with Gasteiger partial charge in [-0.05, 0) is 18.6 Å². The van der Waals surface area contributed by atoms with Crippen LogP contribution in [0.3, 0.4) is 0 Å². The van der Waals surface area contributed by atoms with E-state index in [0.29, 0.717) is 22.9 Å². The first kappa shape index (κ1) is 20.5. The van der Waals surface area contributed by atoms with Crippen LogP contribution in [0.4, 0.5) is 0 Å². The molecule has 0 bridgehead atoms. The molecular formula is C27H21N5O. The van der Waals surface area contributed by atoms with Gasteiger partial charge in [-0.3, -0.25) is 4.98 Å². The Labute approximate surface area is 191 Å². The van der Waals surface area contributed by atoms with E-state index in [-0.39, 0.29) is 0 Å². The van der Waals surface area contributed by atoms with Gasteiger partial charge in [-0.2, -0.15) is 0 Å². The summed E-state index contributed by atoms with van der Waals surface area (Å²) in [6.07, 6.45) is 8.98. The van der Waals surface area contributed by atoms with Gasteiger partial charge in [0.05, 0.1) is 30.1 Å². The Kier molecular flexibility index (Phi) is 5.55. The topological polar surface area (TPSA) is 73.7 Å². The average molecular weight is 431 g/mol. The van der Waals surface area contributed by atoms with Crippen LogP contribution >= 0.6 is 0 Å². The number of rotatable bonds is 5.